The summed E-state index contributed by atoms with van der Waals surface area (Å²) in [5.41, 5.74) is 5.97. The number of anilines is 1. The molecule has 1 saturated heterocycles. The summed E-state index contributed by atoms with van der Waals surface area (Å²) in [6, 6.07) is 6.95. The van der Waals surface area contributed by atoms with Gasteiger partial charge in [-0.25, -0.2) is 0 Å². The Morgan fingerprint density at radius 3 is 3.14 bits per heavy atom. The lowest BCUT2D eigenvalue weighted by Crippen LogP contribution is -2.30. The highest BCUT2D eigenvalue weighted by Crippen LogP contribution is 2.20. The Hall–Kier alpha value is -2.28. The van der Waals surface area contributed by atoms with Gasteiger partial charge in [0.2, 0.25) is 5.91 Å². The molecule has 1 unspecified atom stereocenters. The number of oxime groups is 1. The van der Waals surface area contributed by atoms with E-state index in [0.717, 1.165) is 19.4 Å². The van der Waals surface area contributed by atoms with Crippen molar-refractivity contribution in [2.45, 2.75) is 12.8 Å². The van der Waals surface area contributed by atoms with E-state index >= 15 is 0 Å². The molecule has 0 saturated carbocycles. The van der Waals surface area contributed by atoms with Crippen LogP contribution in [0.5, 0.6) is 5.75 Å². The molecular formula is C14H19N3O4. The molecule has 1 aliphatic rings. The van der Waals surface area contributed by atoms with E-state index in [1.54, 1.807) is 24.3 Å². The number of hydrogen-bond donors (Lipinski definition) is 3. The number of nitrogens with two attached hydrogens (primary N) is 1. The molecule has 7 heteroatoms. The summed E-state index contributed by atoms with van der Waals surface area (Å²) in [5.74, 6) is 0.340. The van der Waals surface area contributed by atoms with E-state index in [1.165, 1.54) is 0 Å². The van der Waals surface area contributed by atoms with Crippen LogP contribution in [0.4, 0.5) is 5.69 Å². The number of carbonyl (C=O) groups is 1. The van der Waals surface area contributed by atoms with Gasteiger partial charge in [-0.15, -0.1) is 0 Å². The zero-order chi connectivity index (χ0) is 15.1. The highest BCUT2D eigenvalue weighted by atomic mass is 16.5. The molecule has 0 radical (unpaired) electrons. The molecule has 1 aromatic carbocycles. The van der Waals surface area contributed by atoms with Crippen molar-refractivity contribution in [1.29, 1.82) is 0 Å². The maximum Gasteiger partial charge on any atom is 0.229 e. The van der Waals surface area contributed by atoms with E-state index in [-0.39, 0.29) is 24.3 Å². The van der Waals surface area contributed by atoms with Gasteiger partial charge in [-0.2, -0.15) is 0 Å². The predicted octanol–water partition coefficient (Wildman–Crippen LogP) is 1.18. The summed E-state index contributed by atoms with van der Waals surface area (Å²) in [7, 11) is 0. The Morgan fingerprint density at radius 2 is 2.43 bits per heavy atom. The van der Waals surface area contributed by atoms with Gasteiger partial charge in [-0.3, -0.25) is 4.79 Å². The van der Waals surface area contributed by atoms with Crippen molar-refractivity contribution >= 4 is 17.4 Å². The van der Waals surface area contributed by atoms with Crippen molar-refractivity contribution in [3.05, 3.63) is 24.3 Å². The minimum atomic E-state index is -0.111. The molecule has 1 amide bonds. The van der Waals surface area contributed by atoms with Gasteiger partial charge in [0.1, 0.15) is 12.4 Å². The van der Waals surface area contributed by atoms with Gasteiger partial charge in [0.25, 0.3) is 0 Å². The summed E-state index contributed by atoms with van der Waals surface area (Å²) in [4.78, 5) is 12.1. The molecular weight excluding hydrogens is 274 g/mol. The fourth-order valence-corrected chi connectivity index (χ4v) is 2.04. The molecule has 7 nitrogen and oxygen atoms in total. The van der Waals surface area contributed by atoms with Crippen molar-refractivity contribution in [3.63, 3.8) is 0 Å². The van der Waals surface area contributed by atoms with Gasteiger partial charge in [-0.05, 0) is 25.0 Å². The molecule has 0 aliphatic carbocycles. The van der Waals surface area contributed by atoms with Gasteiger partial charge in [0.05, 0.1) is 12.5 Å². The summed E-state index contributed by atoms with van der Waals surface area (Å²) < 4.78 is 10.6. The second-order valence-corrected chi connectivity index (χ2v) is 4.81. The summed E-state index contributed by atoms with van der Waals surface area (Å²) >= 11 is 0. The largest absolute Gasteiger partial charge is 0.485 e. The number of amides is 1. The van der Waals surface area contributed by atoms with Crippen LogP contribution in [0.2, 0.25) is 0 Å². The Balaban J connectivity index is 1.92. The normalized spacial score (nSPS) is 19.0. The Morgan fingerprint density at radius 1 is 1.57 bits per heavy atom. The number of ether oxygens (including phenoxy) is 2. The number of rotatable bonds is 5. The molecule has 0 bridgehead atoms. The highest BCUT2D eigenvalue weighted by Gasteiger charge is 2.21. The smallest absolute Gasteiger partial charge is 0.229 e. The van der Waals surface area contributed by atoms with Crippen LogP contribution in [0.25, 0.3) is 0 Å². The monoisotopic (exact) mass is 293 g/mol. The quantitative estimate of drug-likeness (QED) is 0.327. The number of benzene rings is 1. The van der Waals surface area contributed by atoms with Crippen molar-refractivity contribution in [3.8, 4) is 5.75 Å². The van der Waals surface area contributed by atoms with Gasteiger partial charge in [0.15, 0.2) is 5.84 Å². The first-order chi connectivity index (χ1) is 10.2. The number of carbonyl (C=O) groups excluding carboxylic acids is 1. The lowest BCUT2D eigenvalue weighted by atomic mass is 10.0. The first kappa shape index (κ1) is 15.1. The lowest BCUT2D eigenvalue weighted by Gasteiger charge is -2.21. The summed E-state index contributed by atoms with van der Waals surface area (Å²) in [5, 5.41) is 14.1. The van der Waals surface area contributed by atoms with Crippen LogP contribution < -0.4 is 15.8 Å². The number of nitrogens with zero attached hydrogens (tertiary/aromatic N) is 1. The summed E-state index contributed by atoms with van der Waals surface area (Å²) in [6.45, 7) is 1.16. The molecule has 1 fully saturated rings. The van der Waals surface area contributed by atoms with E-state index < -0.39 is 0 Å². The predicted molar refractivity (Wildman–Crippen MR) is 77.5 cm³/mol. The Kier molecular flexibility index (Phi) is 5.39. The van der Waals surface area contributed by atoms with Crippen LogP contribution in [0.15, 0.2) is 29.4 Å². The first-order valence-corrected chi connectivity index (χ1v) is 6.77. The Bertz CT molecular complexity index is 513. The van der Waals surface area contributed by atoms with Crippen LogP contribution in [0.1, 0.15) is 12.8 Å². The van der Waals surface area contributed by atoms with E-state index in [2.05, 4.69) is 10.5 Å². The first-order valence-electron chi connectivity index (χ1n) is 6.77. The van der Waals surface area contributed by atoms with E-state index in [9.17, 15) is 4.79 Å². The van der Waals surface area contributed by atoms with Gasteiger partial charge < -0.3 is 25.7 Å². The van der Waals surface area contributed by atoms with Crippen LogP contribution in [-0.2, 0) is 9.53 Å². The zero-order valence-electron chi connectivity index (χ0n) is 11.6. The topological polar surface area (TPSA) is 106 Å². The highest BCUT2D eigenvalue weighted by molar-refractivity contribution is 5.92. The molecule has 0 aromatic heterocycles. The van der Waals surface area contributed by atoms with Crippen molar-refractivity contribution < 1.29 is 19.5 Å². The average Bonchev–Trinajstić information content (AvgIpc) is 2.53. The molecule has 4 N–H and O–H groups in total. The fourth-order valence-electron chi connectivity index (χ4n) is 2.04. The fraction of sp³-hybridized carbons (Fsp3) is 0.429. The van der Waals surface area contributed by atoms with E-state index in [1.807, 2.05) is 0 Å². The van der Waals surface area contributed by atoms with Crippen LogP contribution in [0.3, 0.4) is 0 Å². The molecule has 1 heterocycles. The zero-order valence-corrected chi connectivity index (χ0v) is 11.6. The number of nitrogens with one attached hydrogen (secondary N) is 1. The Labute approximate surface area is 122 Å². The maximum absolute atomic E-state index is 12.1. The van der Waals surface area contributed by atoms with Crippen LogP contribution in [-0.4, -0.2) is 36.8 Å². The number of amidine groups is 1. The molecule has 1 aliphatic heterocycles. The van der Waals surface area contributed by atoms with Crippen molar-refractivity contribution in [1.82, 2.24) is 0 Å². The third-order valence-electron chi connectivity index (χ3n) is 3.15. The number of hydrogen-bond acceptors (Lipinski definition) is 5. The molecule has 2 rings (SSSR count). The molecule has 0 spiro atoms. The maximum atomic E-state index is 12.1. The molecule has 1 atom stereocenters. The van der Waals surface area contributed by atoms with Crippen LogP contribution in [0, 0.1) is 5.92 Å². The van der Waals surface area contributed by atoms with Crippen molar-refractivity contribution in [2.75, 3.05) is 25.1 Å². The van der Waals surface area contributed by atoms with Gasteiger partial charge >= 0.3 is 0 Å². The standard InChI is InChI=1S/C14H19N3O4/c15-13(17-19)9-21-12-5-1-4-11(7-12)16-14(18)10-3-2-6-20-8-10/h1,4-5,7,10,19H,2-3,6,8-9H2,(H2,15,17)(H,16,18). The third kappa shape index (κ3) is 4.64. The van der Waals surface area contributed by atoms with E-state index in [4.69, 9.17) is 20.4 Å². The van der Waals surface area contributed by atoms with E-state index in [0.29, 0.717) is 18.0 Å². The molecule has 1 aromatic rings. The van der Waals surface area contributed by atoms with Crippen LogP contribution >= 0.6 is 0 Å². The third-order valence-corrected chi connectivity index (χ3v) is 3.15. The second-order valence-electron chi connectivity index (χ2n) is 4.81. The van der Waals surface area contributed by atoms with Gasteiger partial charge in [0, 0.05) is 18.4 Å². The molecule has 114 valence electrons. The van der Waals surface area contributed by atoms with Gasteiger partial charge in [-0.1, -0.05) is 11.2 Å². The lowest BCUT2D eigenvalue weighted by molar-refractivity contribution is -0.123. The van der Waals surface area contributed by atoms with Crippen molar-refractivity contribution in [2.24, 2.45) is 16.8 Å². The average molecular weight is 293 g/mol. The SMILES string of the molecule is NC(COc1cccc(NC(=O)C2CCCOC2)c1)=NO. The molecule has 21 heavy (non-hydrogen) atoms. The second kappa shape index (κ2) is 7.49. The minimum Gasteiger partial charge on any atom is -0.485 e. The summed E-state index contributed by atoms with van der Waals surface area (Å²) in [6.07, 6.45) is 1.74. The minimum absolute atomic E-state index is 0.0234.